The van der Waals surface area contributed by atoms with Crippen molar-refractivity contribution in [3.05, 3.63) is 23.8 Å². The van der Waals surface area contributed by atoms with E-state index in [-0.39, 0.29) is 11.3 Å². The van der Waals surface area contributed by atoms with Crippen molar-refractivity contribution in [2.24, 2.45) is 29.1 Å². The molecule has 0 aliphatic heterocycles. The van der Waals surface area contributed by atoms with Gasteiger partial charge in [-0.2, -0.15) is 0 Å². The van der Waals surface area contributed by atoms with Crippen LogP contribution >= 0.6 is 0 Å². The van der Waals surface area contributed by atoms with Crippen LogP contribution in [-0.2, 0) is 4.79 Å². The molecule has 0 aromatic carbocycles. The molecule has 5 aliphatic carbocycles. The molecule has 4 bridgehead atoms. The summed E-state index contributed by atoms with van der Waals surface area (Å²) in [5, 5.41) is 11.5. The highest BCUT2D eigenvalue weighted by Crippen LogP contribution is 2.65. The van der Waals surface area contributed by atoms with Crippen molar-refractivity contribution in [2.75, 3.05) is 0 Å². The fourth-order valence-corrected chi connectivity index (χ4v) is 6.11. The van der Waals surface area contributed by atoms with Gasteiger partial charge in [0.25, 0.3) is 0 Å². The van der Waals surface area contributed by atoms with Crippen LogP contribution in [-0.4, -0.2) is 17.0 Å². The van der Waals surface area contributed by atoms with Crippen LogP contribution in [0.5, 0.6) is 0 Å². The first kappa shape index (κ1) is 12.8. The summed E-state index contributed by atoms with van der Waals surface area (Å²) in [6.45, 7) is 2.01. The smallest absolute Gasteiger partial charge is 0.130 e. The van der Waals surface area contributed by atoms with E-state index in [0.29, 0.717) is 0 Å². The van der Waals surface area contributed by atoms with Crippen LogP contribution in [0.1, 0.15) is 45.4 Å². The van der Waals surface area contributed by atoms with Crippen LogP contribution in [0.15, 0.2) is 23.8 Å². The van der Waals surface area contributed by atoms with Crippen molar-refractivity contribution in [3.8, 4) is 0 Å². The molecule has 0 saturated heterocycles. The lowest BCUT2D eigenvalue weighted by Crippen LogP contribution is -2.61. The molecule has 20 heavy (non-hydrogen) atoms. The van der Waals surface area contributed by atoms with Crippen molar-refractivity contribution in [2.45, 2.75) is 51.0 Å². The Morgan fingerprint density at radius 1 is 1.15 bits per heavy atom. The van der Waals surface area contributed by atoms with E-state index in [2.05, 4.69) is 0 Å². The second-order valence-corrected chi connectivity index (χ2v) is 7.93. The van der Waals surface area contributed by atoms with Gasteiger partial charge < -0.3 is 9.90 Å². The average Bonchev–Trinajstić information content (AvgIpc) is 2.40. The SMILES string of the molecule is CC1=CC(C=O)C(O)(C23CC4CC(CC(C4)C2)C3)C=C1. The van der Waals surface area contributed by atoms with Gasteiger partial charge in [0.05, 0.1) is 5.92 Å². The number of hydrogen-bond acceptors (Lipinski definition) is 2. The number of aliphatic hydroxyl groups is 1. The molecule has 2 atom stereocenters. The van der Waals surface area contributed by atoms with Crippen LogP contribution in [0.25, 0.3) is 0 Å². The highest BCUT2D eigenvalue weighted by atomic mass is 16.3. The minimum absolute atomic E-state index is 0.0406. The van der Waals surface area contributed by atoms with E-state index in [1.807, 2.05) is 25.2 Å². The topological polar surface area (TPSA) is 37.3 Å². The largest absolute Gasteiger partial charge is 0.384 e. The minimum atomic E-state index is -0.940. The van der Waals surface area contributed by atoms with Crippen molar-refractivity contribution in [3.63, 3.8) is 0 Å². The lowest BCUT2D eigenvalue weighted by Gasteiger charge is -2.62. The molecule has 5 aliphatic rings. The van der Waals surface area contributed by atoms with Gasteiger partial charge in [0.2, 0.25) is 0 Å². The summed E-state index contributed by atoms with van der Waals surface area (Å²) in [6, 6.07) is 0. The number of rotatable bonds is 2. The van der Waals surface area contributed by atoms with Gasteiger partial charge >= 0.3 is 0 Å². The van der Waals surface area contributed by atoms with Crippen molar-refractivity contribution < 1.29 is 9.90 Å². The fourth-order valence-electron chi connectivity index (χ4n) is 6.11. The van der Waals surface area contributed by atoms with Crippen LogP contribution in [0, 0.1) is 29.1 Å². The number of carbonyl (C=O) groups excluding carboxylic acids is 1. The minimum Gasteiger partial charge on any atom is -0.384 e. The summed E-state index contributed by atoms with van der Waals surface area (Å²) in [6.07, 6.45) is 14.3. The molecule has 4 saturated carbocycles. The molecule has 0 spiro atoms. The maximum absolute atomic E-state index is 11.6. The first-order valence-corrected chi connectivity index (χ1v) is 8.10. The lowest BCUT2D eigenvalue weighted by molar-refractivity contribution is -0.173. The van der Waals surface area contributed by atoms with E-state index in [0.717, 1.165) is 48.9 Å². The first-order chi connectivity index (χ1) is 9.54. The highest BCUT2D eigenvalue weighted by Gasteiger charge is 2.61. The van der Waals surface area contributed by atoms with E-state index in [1.54, 1.807) is 0 Å². The zero-order valence-corrected chi connectivity index (χ0v) is 12.2. The van der Waals surface area contributed by atoms with Crippen LogP contribution in [0.3, 0.4) is 0 Å². The summed E-state index contributed by atoms with van der Waals surface area (Å²) >= 11 is 0. The van der Waals surface area contributed by atoms with Gasteiger partial charge in [0.1, 0.15) is 11.9 Å². The third kappa shape index (κ3) is 1.57. The molecule has 0 radical (unpaired) electrons. The predicted octanol–water partition coefficient (Wildman–Crippen LogP) is 3.27. The normalized spacial score (nSPS) is 53.0. The molecular weight excluding hydrogens is 248 g/mol. The van der Waals surface area contributed by atoms with Gasteiger partial charge in [-0.3, -0.25) is 0 Å². The van der Waals surface area contributed by atoms with Gasteiger partial charge in [0.15, 0.2) is 0 Å². The van der Waals surface area contributed by atoms with E-state index in [1.165, 1.54) is 19.3 Å². The zero-order chi connectivity index (χ0) is 14.0. The Bertz CT molecular complexity index is 466. The van der Waals surface area contributed by atoms with E-state index in [9.17, 15) is 9.90 Å². The molecule has 0 aromatic rings. The van der Waals surface area contributed by atoms with E-state index in [4.69, 9.17) is 0 Å². The van der Waals surface area contributed by atoms with E-state index < -0.39 is 5.60 Å². The Kier molecular flexibility index (Phi) is 2.61. The van der Waals surface area contributed by atoms with Crippen molar-refractivity contribution in [1.82, 2.24) is 0 Å². The van der Waals surface area contributed by atoms with Gasteiger partial charge in [-0.1, -0.05) is 23.8 Å². The van der Waals surface area contributed by atoms with Gasteiger partial charge in [-0.05, 0) is 63.2 Å². The van der Waals surface area contributed by atoms with Crippen molar-refractivity contribution >= 4 is 6.29 Å². The maximum atomic E-state index is 11.6. The maximum Gasteiger partial charge on any atom is 0.130 e. The number of aldehydes is 1. The molecule has 0 amide bonds. The standard InChI is InChI=1S/C18H24O2/c1-12-2-3-18(20,16(4-12)11-19)17-8-13-5-14(9-17)7-15(6-13)10-17/h2-4,11,13-16,20H,5-10H2,1H3. The van der Waals surface area contributed by atoms with Gasteiger partial charge in [-0.25, -0.2) is 0 Å². The first-order valence-electron chi connectivity index (χ1n) is 8.10. The quantitative estimate of drug-likeness (QED) is 0.783. The molecule has 0 heterocycles. The molecule has 2 nitrogen and oxygen atoms in total. The number of allylic oxidation sites excluding steroid dienone is 2. The van der Waals surface area contributed by atoms with Gasteiger partial charge in [0, 0.05) is 5.41 Å². The fraction of sp³-hybridized carbons (Fsp3) is 0.722. The summed E-state index contributed by atoms with van der Waals surface area (Å²) in [7, 11) is 0. The summed E-state index contributed by atoms with van der Waals surface area (Å²) in [4.78, 5) is 11.6. The molecule has 0 aromatic heterocycles. The number of hydrogen-bond donors (Lipinski definition) is 1. The Labute approximate surface area is 120 Å². The lowest BCUT2D eigenvalue weighted by atomic mass is 9.43. The Hall–Kier alpha value is -0.890. The third-order valence-electron chi connectivity index (χ3n) is 6.59. The summed E-state index contributed by atoms with van der Waals surface area (Å²) < 4.78 is 0. The van der Waals surface area contributed by atoms with Crippen LogP contribution in [0.4, 0.5) is 0 Å². The van der Waals surface area contributed by atoms with Crippen LogP contribution in [0.2, 0.25) is 0 Å². The van der Waals surface area contributed by atoms with Gasteiger partial charge in [-0.15, -0.1) is 0 Å². The highest BCUT2D eigenvalue weighted by molar-refractivity contribution is 5.63. The second kappa shape index (κ2) is 4.07. The molecular formula is C18H24O2. The Balaban J connectivity index is 1.76. The molecule has 5 rings (SSSR count). The van der Waals surface area contributed by atoms with Crippen LogP contribution < -0.4 is 0 Å². The Morgan fingerprint density at radius 3 is 2.20 bits per heavy atom. The molecule has 2 heteroatoms. The average molecular weight is 272 g/mol. The zero-order valence-electron chi connectivity index (χ0n) is 12.2. The predicted molar refractivity (Wildman–Crippen MR) is 78.0 cm³/mol. The monoisotopic (exact) mass is 272 g/mol. The summed E-state index contributed by atoms with van der Waals surface area (Å²) in [5.74, 6) is 2.01. The Morgan fingerprint density at radius 2 is 1.70 bits per heavy atom. The molecule has 1 N–H and O–H groups in total. The molecule has 2 unspecified atom stereocenters. The van der Waals surface area contributed by atoms with Crippen molar-refractivity contribution in [1.29, 1.82) is 0 Å². The third-order valence-corrected chi connectivity index (χ3v) is 6.59. The molecule has 4 fully saturated rings. The van der Waals surface area contributed by atoms with E-state index >= 15 is 0 Å². The number of carbonyl (C=O) groups is 1. The second-order valence-electron chi connectivity index (χ2n) is 7.93. The summed E-state index contributed by atoms with van der Waals surface area (Å²) in [5.41, 5.74) is 0.113. The molecule has 108 valence electrons.